The quantitative estimate of drug-likeness (QED) is 0.896. The predicted octanol–water partition coefficient (Wildman–Crippen LogP) is 3.10. The van der Waals surface area contributed by atoms with Crippen molar-refractivity contribution in [3.05, 3.63) is 10.6 Å². The highest BCUT2D eigenvalue weighted by Gasteiger charge is 2.24. The maximum atomic E-state index is 6.13. The summed E-state index contributed by atoms with van der Waals surface area (Å²) in [7, 11) is 2.16. The molecule has 1 aromatic heterocycles. The van der Waals surface area contributed by atoms with Gasteiger partial charge in [0.1, 0.15) is 0 Å². The van der Waals surface area contributed by atoms with Crippen molar-refractivity contribution < 1.29 is 0 Å². The molecule has 0 fully saturated rings. The minimum atomic E-state index is 0.166. The Labute approximate surface area is 108 Å². The van der Waals surface area contributed by atoms with Gasteiger partial charge >= 0.3 is 0 Å². The van der Waals surface area contributed by atoms with Gasteiger partial charge in [0.05, 0.1) is 5.69 Å². The average molecular weight is 253 g/mol. The fourth-order valence-electron chi connectivity index (χ4n) is 2.58. The Balaban J connectivity index is 2.22. The molecule has 0 spiro atoms. The Hall–Kier alpha value is -0.610. The van der Waals surface area contributed by atoms with Gasteiger partial charge in [0.2, 0.25) is 0 Å². The van der Waals surface area contributed by atoms with Gasteiger partial charge in [-0.3, -0.25) is 0 Å². The molecule has 1 aliphatic carbocycles. The van der Waals surface area contributed by atoms with Crippen molar-refractivity contribution in [2.24, 2.45) is 5.73 Å². The van der Waals surface area contributed by atoms with Gasteiger partial charge in [-0.25, -0.2) is 4.98 Å². The molecule has 0 radical (unpaired) electrons. The van der Waals surface area contributed by atoms with Crippen LogP contribution in [0.5, 0.6) is 0 Å². The van der Waals surface area contributed by atoms with Crippen LogP contribution < -0.4 is 10.6 Å². The van der Waals surface area contributed by atoms with Crippen LogP contribution in [0.1, 0.15) is 56.1 Å². The van der Waals surface area contributed by atoms with E-state index in [-0.39, 0.29) is 6.04 Å². The highest BCUT2D eigenvalue weighted by Crippen LogP contribution is 2.36. The molecular weight excluding hydrogens is 230 g/mol. The van der Waals surface area contributed by atoms with Crippen LogP contribution in [0, 0.1) is 0 Å². The van der Waals surface area contributed by atoms with Gasteiger partial charge in [-0.05, 0) is 32.1 Å². The van der Waals surface area contributed by atoms with E-state index in [1.54, 1.807) is 0 Å². The van der Waals surface area contributed by atoms with E-state index in [0.717, 1.165) is 23.7 Å². The first-order valence-electron chi connectivity index (χ1n) is 6.65. The number of anilines is 1. The molecule has 0 bridgehead atoms. The van der Waals surface area contributed by atoms with Crippen LogP contribution in [0.4, 0.5) is 5.13 Å². The molecule has 4 heteroatoms. The first-order chi connectivity index (χ1) is 8.17. The topological polar surface area (TPSA) is 42.2 Å². The van der Waals surface area contributed by atoms with Crippen LogP contribution in [0.25, 0.3) is 0 Å². The molecule has 2 rings (SSSR count). The summed E-state index contributed by atoms with van der Waals surface area (Å²) in [5.74, 6) is 0. The SMILES string of the molecule is CCC(CC)N(C)c1nc2c(s1)CCCC2N. The van der Waals surface area contributed by atoms with E-state index in [1.165, 1.54) is 24.1 Å². The standard InChI is InChI=1S/C13H23N3S/c1-4-9(5-2)16(3)13-15-12-10(14)7-6-8-11(12)17-13/h9-10H,4-8,14H2,1-3H3. The fraction of sp³-hybridized carbons (Fsp3) is 0.769. The van der Waals surface area contributed by atoms with E-state index >= 15 is 0 Å². The van der Waals surface area contributed by atoms with Crippen molar-refractivity contribution in [3.8, 4) is 0 Å². The molecular formula is C13H23N3S. The van der Waals surface area contributed by atoms with Gasteiger partial charge in [0, 0.05) is 24.0 Å². The summed E-state index contributed by atoms with van der Waals surface area (Å²) < 4.78 is 0. The van der Waals surface area contributed by atoms with Gasteiger partial charge in [0.25, 0.3) is 0 Å². The summed E-state index contributed by atoms with van der Waals surface area (Å²) in [5.41, 5.74) is 7.29. The van der Waals surface area contributed by atoms with Gasteiger partial charge < -0.3 is 10.6 Å². The molecule has 96 valence electrons. The highest BCUT2D eigenvalue weighted by atomic mass is 32.1. The first-order valence-corrected chi connectivity index (χ1v) is 7.47. The zero-order chi connectivity index (χ0) is 12.4. The summed E-state index contributed by atoms with van der Waals surface area (Å²) in [6.45, 7) is 4.48. The first kappa shape index (κ1) is 12.8. The van der Waals surface area contributed by atoms with Crippen LogP contribution in [0.3, 0.4) is 0 Å². The lowest BCUT2D eigenvalue weighted by Crippen LogP contribution is -2.30. The Morgan fingerprint density at radius 1 is 1.47 bits per heavy atom. The van der Waals surface area contributed by atoms with E-state index in [1.807, 2.05) is 11.3 Å². The third kappa shape index (κ3) is 2.47. The zero-order valence-corrected chi connectivity index (χ0v) is 11.9. The summed E-state index contributed by atoms with van der Waals surface area (Å²) in [4.78, 5) is 8.51. The summed E-state index contributed by atoms with van der Waals surface area (Å²) in [6.07, 6.45) is 5.80. The molecule has 0 amide bonds. The molecule has 0 aromatic carbocycles. The lowest BCUT2D eigenvalue weighted by Gasteiger charge is -2.25. The molecule has 0 saturated carbocycles. The third-order valence-corrected chi connectivity index (χ3v) is 5.00. The molecule has 1 aromatic rings. The van der Waals surface area contributed by atoms with E-state index in [2.05, 4.69) is 25.8 Å². The van der Waals surface area contributed by atoms with Crippen LogP contribution in [0.2, 0.25) is 0 Å². The molecule has 1 heterocycles. The molecule has 1 atom stereocenters. The van der Waals surface area contributed by atoms with Gasteiger partial charge in [0.15, 0.2) is 5.13 Å². The monoisotopic (exact) mass is 253 g/mol. The Bertz CT molecular complexity index is 371. The maximum Gasteiger partial charge on any atom is 0.185 e. The zero-order valence-electron chi connectivity index (χ0n) is 11.1. The summed E-state index contributed by atoms with van der Waals surface area (Å²) in [5, 5.41) is 1.15. The van der Waals surface area contributed by atoms with Crippen LogP contribution in [-0.4, -0.2) is 18.1 Å². The van der Waals surface area contributed by atoms with Crippen molar-refractivity contribution in [2.75, 3.05) is 11.9 Å². The second-order valence-corrected chi connectivity index (χ2v) is 5.95. The summed E-state index contributed by atoms with van der Waals surface area (Å²) in [6, 6.07) is 0.762. The van der Waals surface area contributed by atoms with Crippen LogP contribution in [-0.2, 0) is 6.42 Å². The van der Waals surface area contributed by atoms with E-state index in [0.29, 0.717) is 6.04 Å². The van der Waals surface area contributed by atoms with Crippen LogP contribution in [0.15, 0.2) is 0 Å². The Morgan fingerprint density at radius 3 is 2.76 bits per heavy atom. The fourth-order valence-corrected chi connectivity index (χ4v) is 3.79. The number of nitrogens with zero attached hydrogens (tertiary/aromatic N) is 2. The molecule has 17 heavy (non-hydrogen) atoms. The maximum absolute atomic E-state index is 6.13. The number of nitrogens with two attached hydrogens (primary N) is 1. The van der Waals surface area contributed by atoms with E-state index in [9.17, 15) is 0 Å². The van der Waals surface area contributed by atoms with E-state index < -0.39 is 0 Å². The molecule has 2 N–H and O–H groups in total. The normalized spacial score (nSPS) is 19.5. The number of hydrogen-bond acceptors (Lipinski definition) is 4. The number of rotatable bonds is 4. The van der Waals surface area contributed by atoms with Gasteiger partial charge in [-0.15, -0.1) is 11.3 Å². The largest absolute Gasteiger partial charge is 0.348 e. The minimum absolute atomic E-state index is 0.166. The van der Waals surface area contributed by atoms with Gasteiger partial charge in [-0.1, -0.05) is 13.8 Å². The van der Waals surface area contributed by atoms with Crippen LogP contribution >= 0.6 is 11.3 Å². The number of fused-ring (bicyclic) bond motifs is 1. The number of aryl methyl sites for hydroxylation is 1. The second kappa shape index (κ2) is 5.36. The molecule has 1 unspecified atom stereocenters. The van der Waals surface area contributed by atoms with Crippen molar-refractivity contribution in [2.45, 2.75) is 58.0 Å². The average Bonchev–Trinajstić information content (AvgIpc) is 2.76. The van der Waals surface area contributed by atoms with Gasteiger partial charge in [-0.2, -0.15) is 0 Å². The van der Waals surface area contributed by atoms with Crippen molar-refractivity contribution in [1.82, 2.24) is 4.98 Å². The number of hydrogen-bond donors (Lipinski definition) is 1. The Morgan fingerprint density at radius 2 is 2.18 bits per heavy atom. The molecule has 3 nitrogen and oxygen atoms in total. The number of thiazole rings is 1. The summed E-state index contributed by atoms with van der Waals surface area (Å²) >= 11 is 1.84. The minimum Gasteiger partial charge on any atom is -0.348 e. The highest BCUT2D eigenvalue weighted by molar-refractivity contribution is 7.15. The smallest absolute Gasteiger partial charge is 0.185 e. The molecule has 0 saturated heterocycles. The number of aromatic nitrogens is 1. The second-order valence-electron chi connectivity index (χ2n) is 4.88. The van der Waals surface area contributed by atoms with Crippen molar-refractivity contribution in [1.29, 1.82) is 0 Å². The lowest BCUT2D eigenvalue weighted by molar-refractivity contribution is 0.559. The predicted molar refractivity (Wildman–Crippen MR) is 74.8 cm³/mol. The van der Waals surface area contributed by atoms with Crippen molar-refractivity contribution in [3.63, 3.8) is 0 Å². The lowest BCUT2D eigenvalue weighted by atomic mass is 9.99. The van der Waals surface area contributed by atoms with E-state index in [4.69, 9.17) is 10.7 Å². The van der Waals surface area contributed by atoms with Crippen molar-refractivity contribution >= 4 is 16.5 Å². The Kier molecular flexibility index (Phi) is 4.05. The third-order valence-electron chi connectivity index (χ3n) is 3.78. The molecule has 0 aliphatic heterocycles. The molecule has 1 aliphatic rings.